The summed E-state index contributed by atoms with van der Waals surface area (Å²) in [6, 6.07) is -2.90. The monoisotopic (exact) mass is 422 g/mol. The molecule has 3 unspecified atom stereocenters. The summed E-state index contributed by atoms with van der Waals surface area (Å²) in [6.45, 7) is 3.55. The van der Waals surface area contributed by atoms with Gasteiger partial charge >= 0.3 is 5.97 Å². The zero-order valence-corrected chi connectivity index (χ0v) is 17.6. The second-order valence-corrected chi connectivity index (χ2v) is 7.73. The van der Waals surface area contributed by atoms with Crippen molar-refractivity contribution in [2.24, 2.45) is 11.7 Å². The van der Waals surface area contributed by atoms with Crippen LogP contribution in [0.3, 0.4) is 0 Å². The Kier molecular flexibility index (Phi) is 12.9. The number of nitrogens with two attached hydrogens (primary N) is 1. The van der Waals surface area contributed by atoms with Gasteiger partial charge in [-0.15, -0.1) is 0 Å². The number of hydrogen-bond donors (Lipinski definition) is 6. The van der Waals surface area contributed by atoms with Gasteiger partial charge in [-0.2, -0.15) is 24.4 Å². The van der Waals surface area contributed by atoms with Crippen molar-refractivity contribution in [1.82, 2.24) is 16.0 Å². The quantitative estimate of drug-likeness (QED) is 0.213. The maximum atomic E-state index is 12.6. The van der Waals surface area contributed by atoms with Crippen LogP contribution in [0.25, 0.3) is 0 Å². The highest BCUT2D eigenvalue weighted by atomic mass is 32.2. The van der Waals surface area contributed by atoms with Gasteiger partial charge in [0.05, 0.1) is 6.54 Å². The summed E-state index contributed by atoms with van der Waals surface area (Å²) in [6.07, 6.45) is 2.55. The average Bonchev–Trinajstić information content (AvgIpc) is 2.61. The van der Waals surface area contributed by atoms with E-state index < -0.39 is 41.8 Å². The van der Waals surface area contributed by atoms with Crippen LogP contribution in [-0.2, 0) is 19.2 Å². The van der Waals surface area contributed by atoms with Gasteiger partial charge in [0.15, 0.2) is 0 Å². The molecule has 0 aliphatic heterocycles. The van der Waals surface area contributed by atoms with Crippen LogP contribution >= 0.6 is 24.4 Å². The molecule has 0 aromatic rings. The minimum atomic E-state index is -1.21. The molecule has 3 amide bonds. The topological polar surface area (TPSA) is 151 Å². The molecule has 0 rings (SSSR count). The SMILES string of the molecule is CSCCC(NC(=O)C(CC(C)C)NC(=O)CN)C(=O)NC(CS)C(=O)O. The van der Waals surface area contributed by atoms with E-state index in [9.17, 15) is 19.2 Å². The summed E-state index contributed by atoms with van der Waals surface area (Å²) in [5, 5.41) is 16.6. The van der Waals surface area contributed by atoms with Gasteiger partial charge in [0.1, 0.15) is 18.1 Å². The van der Waals surface area contributed by atoms with Gasteiger partial charge in [0.2, 0.25) is 17.7 Å². The van der Waals surface area contributed by atoms with E-state index in [0.29, 0.717) is 18.6 Å². The lowest BCUT2D eigenvalue weighted by atomic mass is 10.0. The van der Waals surface area contributed by atoms with E-state index in [1.807, 2.05) is 20.1 Å². The van der Waals surface area contributed by atoms with E-state index in [0.717, 1.165) is 0 Å². The Morgan fingerprint density at radius 3 is 2.04 bits per heavy atom. The van der Waals surface area contributed by atoms with Gasteiger partial charge in [-0.05, 0) is 30.8 Å². The predicted octanol–water partition coefficient (Wildman–Crippen LogP) is -0.787. The van der Waals surface area contributed by atoms with Crippen LogP contribution < -0.4 is 21.7 Å². The molecule has 0 fully saturated rings. The van der Waals surface area contributed by atoms with Gasteiger partial charge in [-0.25, -0.2) is 4.79 Å². The number of amides is 3. The molecule has 0 aliphatic carbocycles. The number of rotatable bonds is 13. The van der Waals surface area contributed by atoms with Crippen LogP contribution in [0.5, 0.6) is 0 Å². The molecule has 0 saturated heterocycles. The molecule has 27 heavy (non-hydrogen) atoms. The molecule has 0 spiro atoms. The van der Waals surface area contributed by atoms with Crippen molar-refractivity contribution in [2.45, 2.75) is 44.8 Å². The van der Waals surface area contributed by atoms with E-state index in [1.165, 1.54) is 11.8 Å². The molecular formula is C16H30N4O5S2. The number of carboxylic acids is 1. The second-order valence-electron chi connectivity index (χ2n) is 6.38. The summed E-state index contributed by atoms with van der Waals surface area (Å²) >= 11 is 5.40. The number of carbonyl (C=O) groups is 4. The minimum absolute atomic E-state index is 0.0766. The summed E-state index contributed by atoms with van der Waals surface area (Å²) in [5.41, 5.74) is 5.29. The molecule has 0 aromatic carbocycles. The first-order chi connectivity index (χ1) is 12.7. The van der Waals surface area contributed by atoms with Crippen molar-refractivity contribution in [3.8, 4) is 0 Å². The molecule has 0 heterocycles. The fraction of sp³-hybridized carbons (Fsp3) is 0.750. The fourth-order valence-corrected chi connectivity index (χ4v) is 2.91. The van der Waals surface area contributed by atoms with Crippen LogP contribution in [0, 0.1) is 5.92 Å². The Hall–Kier alpha value is -1.46. The fourth-order valence-electron chi connectivity index (χ4n) is 2.19. The second kappa shape index (κ2) is 13.7. The van der Waals surface area contributed by atoms with Crippen molar-refractivity contribution in [2.75, 3.05) is 24.3 Å². The number of carboxylic acid groups (broad SMARTS) is 1. The van der Waals surface area contributed by atoms with Crippen molar-refractivity contribution in [3.05, 3.63) is 0 Å². The Morgan fingerprint density at radius 2 is 1.59 bits per heavy atom. The van der Waals surface area contributed by atoms with Gasteiger partial charge in [0.25, 0.3) is 0 Å². The molecular weight excluding hydrogens is 392 g/mol. The number of aliphatic carboxylic acids is 1. The first-order valence-corrected chi connectivity index (χ1v) is 10.6. The number of carbonyl (C=O) groups excluding carboxylic acids is 3. The first-order valence-electron chi connectivity index (χ1n) is 8.58. The average molecular weight is 423 g/mol. The molecule has 156 valence electrons. The molecule has 0 aromatic heterocycles. The standard InChI is InChI=1S/C16H30N4O5S2/c1-9(2)6-11(18-13(21)7-17)15(23)19-10(4-5-27-3)14(22)20-12(8-26)16(24)25/h9-12,26H,4-8,17H2,1-3H3,(H,18,21)(H,19,23)(H,20,22)(H,24,25). The Balaban J connectivity index is 5.19. The molecule has 6 N–H and O–H groups in total. The minimum Gasteiger partial charge on any atom is -0.480 e. The molecule has 0 aliphatic rings. The zero-order chi connectivity index (χ0) is 21.0. The van der Waals surface area contributed by atoms with E-state index in [-0.39, 0.29) is 18.2 Å². The highest BCUT2D eigenvalue weighted by molar-refractivity contribution is 7.98. The first kappa shape index (κ1) is 25.5. The normalized spacial score (nSPS) is 14.1. The number of thiol groups is 1. The molecule has 11 heteroatoms. The highest BCUT2D eigenvalue weighted by Crippen LogP contribution is 2.07. The number of thioether (sulfide) groups is 1. The lowest BCUT2D eigenvalue weighted by Gasteiger charge is -2.25. The van der Waals surface area contributed by atoms with Gasteiger partial charge in [0, 0.05) is 5.75 Å². The summed E-state index contributed by atoms with van der Waals surface area (Å²) in [7, 11) is 0. The molecule has 0 radical (unpaired) electrons. The molecule has 9 nitrogen and oxygen atoms in total. The van der Waals surface area contributed by atoms with Crippen molar-refractivity contribution < 1.29 is 24.3 Å². The smallest absolute Gasteiger partial charge is 0.327 e. The summed E-state index contributed by atoms with van der Waals surface area (Å²) in [5.74, 6) is -2.16. The third-order valence-electron chi connectivity index (χ3n) is 3.59. The van der Waals surface area contributed by atoms with E-state index in [1.54, 1.807) is 0 Å². The molecule has 0 bridgehead atoms. The van der Waals surface area contributed by atoms with E-state index in [4.69, 9.17) is 10.8 Å². The Morgan fingerprint density at radius 1 is 1.04 bits per heavy atom. The van der Waals surface area contributed by atoms with Crippen LogP contribution in [0.2, 0.25) is 0 Å². The van der Waals surface area contributed by atoms with Crippen LogP contribution in [0.4, 0.5) is 0 Å². The third kappa shape index (κ3) is 10.5. The Labute approximate surface area is 169 Å². The predicted molar refractivity (Wildman–Crippen MR) is 109 cm³/mol. The summed E-state index contributed by atoms with van der Waals surface area (Å²) < 4.78 is 0. The lowest BCUT2D eigenvalue weighted by molar-refractivity contribution is -0.141. The van der Waals surface area contributed by atoms with E-state index in [2.05, 4.69) is 28.6 Å². The molecule has 0 saturated carbocycles. The summed E-state index contributed by atoms with van der Waals surface area (Å²) in [4.78, 5) is 47.7. The van der Waals surface area contributed by atoms with Crippen molar-refractivity contribution in [1.29, 1.82) is 0 Å². The van der Waals surface area contributed by atoms with E-state index >= 15 is 0 Å². The van der Waals surface area contributed by atoms with Crippen molar-refractivity contribution >= 4 is 48.1 Å². The number of hydrogen-bond acceptors (Lipinski definition) is 7. The maximum absolute atomic E-state index is 12.6. The lowest BCUT2D eigenvalue weighted by Crippen LogP contribution is -2.56. The van der Waals surface area contributed by atoms with Crippen LogP contribution in [-0.4, -0.2) is 71.2 Å². The highest BCUT2D eigenvalue weighted by Gasteiger charge is 2.29. The maximum Gasteiger partial charge on any atom is 0.327 e. The van der Waals surface area contributed by atoms with Crippen molar-refractivity contribution in [3.63, 3.8) is 0 Å². The van der Waals surface area contributed by atoms with Gasteiger partial charge in [-0.3, -0.25) is 14.4 Å². The number of nitrogens with one attached hydrogen (secondary N) is 3. The van der Waals surface area contributed by atoms with Gasteiger partial charge < -0.3 is 26.8 Å². The third-order valence-corrected chi connectivity index (χ3v) is 4.59. The largest absolute Gasteiger partial charge is 0.480 e. The Bertz CT molecular complexity index is 519. The van der Waals surface area contributed by atoms with Crippen LogP contribution in [0.1, 0.15) is 26.7 Å². The van der Waals surface area contributed by atoms with Gasteiger partial charge in [-0.1, -0.05) is 13.8 Å². The van der Waals surface area contributed by atoms with Crippen LogP contribution in [0.15, 0.2) is 0 Å². The molecule has 3 atom stereocenters. The zero-order valence-electron chi connectivity index (χ0n) is 15.9.